The van der Waals surface area contributed by atoms with Crippen molar-refractivity contribution in [1.29, 1.82) is 0 Å². The lowest BCUT2D eigenvalue weighted by molar-refractivity contribution is -0.00618. The van der Waals surface area contributed by atoms with Crippen LogP contribution < -0.4 is 31.2 Å². The Bertz CT molecular complexity index is 3070. The lowest BCUT2D eigenvalue weighted by Gasteiger charge is -2.34. The second-order valence-corrected chi connectivity index (χ2v) is 20.0. The number of benzene rings is 6. The minimum absolute atomic E-state index is 0. The van der Waals surface area contributed by atoms with Gasteiger partial charge in [0, 0.05) is 56.1 Å². The number of aliphatic imine (C=N–C) groups is 4. The van der Waals surface area contributed by atoms with Crippen molar-refractivity contribution in [3.05, 3.63) is 179 Å². The normalized spacial score (nSPS) is 15.6. The van der Waals surface area contributed by atoms with E-state index in [0.29, 0.717) is 40.8 Å². The molecule has 2 saturated heterocycles. The van der Waals surface area contributed by atoms with Crippen LogP contribution in [-0.4, -0.2) is 71.7 Å². The molecule has 2 heterocycles. The van der Waals surface area contributed by atoms with Crippen LogP contribution in [0.3, 0.4) is 0 Å². The molecule has 2 aliphatic heterocycles. The van der Waals surface area contributed by atoms with E-state index in [0.717, 1.165) is 63.6 Å². The molecule has 81 heavy (non-hydrogen) atoms. The highest BCUT2D eigenvalue weighted by Crippen LogP contribution is 2.34. The summed E-state index contributed by atoms with van der Waals surface area (Å²) in [7, 11) is 0. The van der Waals surface area contributed by atoms with E-state index in [1.54, 1.807) is 60.2 Å². The molecule has 0 amide bonds. The van der Waals surface area contributed by atoms with Gasteiger partial charge >= 0.3 is 0 Å². The molecule has 0 bridgehead atoms. The van der Waals surface area contributed by atoms with Crippen LogP contribution in [0.4, 0.5) is 50.6 Å². The Morgan fingerprint density at radius 1 is 0.568 bits per heavy atom. The monoisotopic (exact) mass is 1160 g/mol. The summed E-state index contributed by atoms with van der Waals surface area (Å²) in [5.41, 5.74) is 21.7. The number of nitrogens with two attached hydrogens (primary N) is 2. The third kappa shape index (κ3) is 20.7. The lowest BCUT2D eigenvalue weighted by atomic mass is 10.00. The summed E-state index contributed by atoms with van der Waals surface area (Å²) in [4.78, 5) is 28.6. The van der Waals surface area contributed by atoms with Crippen molar-refractivity contribution >= 4 is 93.4 Å². The van der Waals surface area contributed by atoms with Crippen LogP contribution in [0, 0.1) is 5.92 Å². The van der Waals surface area contributed by atoms with Crippen molar-refractivity contribution in [3.63, 3.8) is 0 Å². The highest BCUT2D eigenvalue weighted by molar-refractivity contribution is 8.14. The first-order valence-electron chi connectivity index (χ1n) is 25.4. The highest BCUT2D eigenvalue weighted by Gasteiger charge is 2.26. The quantitative estimate of drug-likeness (QED) is 0.0416. The van der Waals surface area contributed by atoms with Gasteiger partial charge in [0.25, 0.3) is 0 Å². The molecule has 4 N–H and O–H groups in total. The first kappa shape index (κ1) is 68.9. The van der Waals surface area contributed by atoms with Crippen LogP contribution in [0.15, 0.2) is 186 Å². The molecule has 2 aliphatic rings. The van der Waals surface area contributed by atoms with Gasteiger partial charge in [-0.05, 0) is 107 Å². The third-order valence-electron chi connectivity index (χ3n) is 11.7. The van der Waals surface area contributed by atoms with Crippen molar-refractivity contribution in [2.75, 3.05) is 34.4 Å². The first-order chi connectivity index (χ1) is 37.5. The number of hydrogen-bond donors (Lipinski definition) is 2. The number of para-hydroxylation sites is 2. The molecule has 432 valence electrons. The zero-order valence-electron chi connectivity index (χ0n) is 46.1. The second-order valence-electron chi connectivity index (χ2n) is 18.0. The molecule has 2 fully saturated rings. The predicted molar refractivity (Wildman–Crippen MR) is 333 cm³/mol. The average molecular weight is 1160 g/mol. The molecular weight excluding hydrogens is 1090 g/mol. The van der Waals surface area contributed by atoms with Crippen molar-refractivity contribution in [1.82, 2.24) is 0 Å². The minimum atomic E-state index is 0. The van der Waals surface area contributed by atoms with E-state index in [4.69, 9.17) is 11.5 Å². The van der Waals surface area contributed by atoms with Crippen LogP contribution >= 0.6 is 23.5 Å². The molecule has 0 saturated carbocycles. The summed E-state index contributed by atoms with van der Waals surface area (Å²) in [5, 5.41) is 19.7. The van der Waals surface area contributed by atoms with Gasteiger partial charge in [-0.2, -0.15) is 10.2 Å². The van der Waals surface area contributed by atoms with Gasteiger partial charge in [0.2, 0.25) is 0 Å². The predicted octanol–water partition coefficient (Wildman–Crippen LogP) is 14.8. The van der Waals surface area contributed by atoms with E-state index in [1.807, 2.05) is 62.4 Å². The molecule has 0 spiro atoms. The Morgan fingerprint density at radius 3 is 1.40 bits per heavy atom. The Morgan fingerprint density at radius 2 is 0.975 bits per heavy atom. The molecule has 1 atom stereocenters. The van der Waals surface area contributed by atoms with Gasteiger partial charge in [0.1, 0.15) is 24.3 Å². The van der Waals surface area contributed by atoms with E-state index in [2.05, 4.69) is 143 Å². The summed E-state index contributed by atoms with van der Waals surface area (Å²) >= 11 is 3.47. The third-order valence-corrected chi connectivity index (χ3v) is 14.0. The summed E-state index contributed by atoms with van der Waals surface area (Å²) in [6.07, 6.45) is 7.30. The number of nitrogens with zero attached hydrogens (tertiary/aromatic N) is 10. The van der Waals surface area contributed by atoms with Crippen molar-refractivity contribution < 1.29 is 37.8 Å². The zero-order chi connectivity index (χ0) is 54.9. The largest absolute Gasteiger partial charge is 0.383 e. The first-order valence-corrected chi connectivity index (χ1v) is 27.4. The van der Waals surface area contributed by atoms with Crippen LogP contribution in [0.2, 0.25) is 0 Å². The number of anilines is 2. The maximum atomic E-state index is 12.1. The van der Waals surface area contributed by atoms with Gasteiger partial charge in [0.05, 0.1) is 23.8 Å². The molecule has 0 aromatic heterocycles. The molecule has 22 heteroatoms. The maximum absolute atomic E-state index is 12.1. The zero-order valence-corrected chi connectivity index (χ0v) is 47.7. The summed E-state index contributed by atoms with van der Waals surface area (Å²) in [6, 6.07) is 44.5. The molecular formula is C59H70F6N12O2S2. The highest BCUT2D eigenvalue weighted by atomic mass is 32.2. The molecule has 1 unspecified atom stereocenters. The van der Waals surface area contributed by atoms with Crippen LogP contribution in [0.5, 0.6) is 11.5 Å². The minimum Gasteiger partial charge on any atom is -0.383 e. The maximum Gasteiger partial charge on any atom is 0.190 e. The van der Waals surface area contributed by atoms with Gasteiger partial charge in [-0.25, -0.2) is 20.0 Å². The number of halogens is 6. The van der Waals surface area contributed by atoms with Gasteiger partial charge < -0.3 is 21.3 Å². The van der Waals surface area contributed by atoms with Crippen LogP contribution in [0.1, 0.15) is 100 Å². The molecule has 14 nitrogen and oxygen atoms in total. The molecule has 8 rings (SSSR count). The van der Waals surface area contributed by atoms with Crippen LogP contribution in [0.25, 0.3) is 0 Å². The molecule has 6 aromatic carbocycles. The Labute approximate surface area is 478 Å². The van der Waals surface area contributed by atoms with Gasteiger partial charge in [0.15, 0.2) is 21.8 Å². The number of hydrogen-bond acceptors (Lipinski definition) is 10. The number of rotatable bonds is 16. The lowest BCUT2D eigenvalue weighted by Crippen LogP contribution is -2.39. The van der Waals surface area contributed by atoms with Gasteiger partial charge in [-0.15, -0.1) is 10.2 Å². The topological polar surface area (TPSA) is 176 Å². The smallest absolute Gasteiger partial charge is 0.190 e. The Balaban J connectivity index is 0.000000513. The number of amidine groups is 4. The van der Waals surface area contributed by atoms with E-state index in [9.17, 15) is 9.05 Å². The summed E-state index contributed by atoms with van der Waals surface area (Å²) in [6.45, 7) is 17.0. The molecule has 0 radical (unpaired) electrons. The Kier molecular flexibility index (Phi) is 30.7. The van der Waals surface area contributed by atoms with Crippen molar-refractivity contribution in [2.45, 2.75) is 66.7 Å². The number of thioether (sulfide) groups is 2. The molecule has 6 aromatic rings. The van der Waals surface area contributed by atoms with Crippen molar-refractivity contribution in [2.24, 2.45) is 57.8 Å². The Hall–Kier alpha value is -8.24. The van der Waals surface area contributed by atoms with Gasteiger partial charge in [-0.3, -0.25) is 28.7 Å². The molecule has 0 aliphatic carbocycles. The van der Waals surface area contributed by atoms with E-state index >= 15 is 0 Å². The standard InChI is InChI=1S/C29H31FN6OS.C28H29FN6OS.C2H6.4FH/c1-20(2)26-6-4-5-7-27(26)36-17-21(3)18-38-29(36)35-34-16-22-8-10-23(11-9-22)28(31)33-19-32-24-12-14-25(37-30)15-13-24;1-20(2)25-6-3-4-7-26(25)35-16-5-17-37-28(35)34-33-18-21-8-10-22(11-9-21)27(30)32-19-31-23-12-14-24(36-29)15-13-23;1-2;;;;/h4-16,19-21H,17-18H2,1-3H3,(H2,31,32,33);3-4,6-15,18-20H,5,16-17H2,1-2H3,(H2,30,31,32);1-2H3;4*1H/b34-16+,35-29-;33-18+,34-28-;;;;;. The summed E-state index contributed by atoms with van der Waals surface area (Å²) in [5.74, 6) is 4.34. The summed E-state index contributed by atoms with van der Waals surface area (Å²) < 4.78 is 24.2. The fourth-order valence-electron chi connectivity index (χ4n) is 7.73. The van der Waals surface area contributed by atoms with Gasteiger partial charge in [-0.1, -0.05) is 157 Å². The van der Waals surface area contributed by atoms with E-state index < -0.39 is 0 Å². The van der Waals surface area contributed by atoms with Crippen LogP contribution in [-0.2, 0) is 0 Å². The van der Waals surface area contributed by atoms with E-state index in [1.165, 1.54) is 59.4 Å². The average Bonchev–Trinajstić information content (AvgIpc) is 3.47. The fraction of sp³-hybridized carbons (Fsp3) is 0.254. The van der Waals surface area contributed by atoms with E-state index in [-0.39, 0.29) is 30.3 Å². The fourth-order valence-corrected chi connectivity index (χ4v) is 9.61. The second kappa shape index (κ2) is 36.1. The van der Waals surface area contributed by atoms with Crippen molar-refractivity contribution in [3.8, 4) is 11.5 Å². The SMILES string of the molecule is CC.CC(C)c1ccccc1N1CCCS/C1=N\N=C\c1ccc(C(N)=NC=Nc2ccc(OF)cc2)cc1.CC1CS/C(=N\N=C\c2ccc(C(N)=NC=Nc3ccc(OF)cc3)cc2)N(c2ccccc2C(C)C)C1.F.F.F.F.